The molecule has 9 nitrogen and oxygen atoms in total. The molecule has 4 aromatic rings. The molecule has 0 saturated heterocycles. The number of carbonyl (C=O) groups is 2. The van der Waals surface area contributed by atoms with E-state index in [0.29, 0.717) is 57.1 Å². The minimum Gasteiger partial charge on any atom is -0.497 e. The number of aryl methyl sites for hydroxylation is 2. The molecule has 1 aliphatic rings. The molecule has 3 heterocycles. The number of nitrogens with zero attached hydrogens (tertiary/aromatic N) is 3. The van der Waals surface area contributed by atoms with E-state index in [0.717, 1.165) is 10.9 Å². The number of ether oxygens (including phenoxy) is 3. The summed E-state index contributed by atoms with van der Waals surface area (Å²) in [6.07, 6.45) is 3.76. The number of carbonyl (C=O) groups excluding carboxylic acids is 2. The van der Waals surface area contributed by atoms with Crippen LogP contribution in [0.1, 0.15) is 17.7 Å². The zero-order chi connectivity index (χ0) is 25.6. The summed E-state index contributed by atoms with van der Waals surface area (Å²) in [7, 11) is 6.52. The molecule has 1 N–H and O–H groups in total. The summed E-state index contributed by atoms with van der Waals surface area (Å²) in [4.78, 5) is 31.6. The van der Waals surface area contributed by atoms with E-state index in [4.69, 9.17) is 14.2 Å². The molecule has 0 unspecified atom stereocenters. The van der Waals surface area contributed by atoms with Gasteiger partial charge in [-0.2, -0.15) is 5.26 Å². The minimum absolute atomic E-state index is 0.216. The number of nitrogens with one attached hydrogen (secondary N) is 1. The van der Waals surface area contributed by atoms with Gasteiger partial charge < -0.3 is 23.8 Å². The molecule has 0 radical (unpaired) electrons. The van der Waals surface area contributed by atoms with E-state index in [9.17, 15) is 14.9 Å². The molecule has 0 atom stereocenters. The Bertz CT molecular complexity index is 1620. The van der Waals surface area contributed by atoms with E-state index in [1.54, 1.807) is 19.2 Å². The second-order valence-electron chi connectivity index (χ2n) is 8.44. The molecule has 2 aromatic carbocycles. The van der Waals surface area contributed by atoms with E-state index < -0.39 is 11.8 Å². The van der Waals surface area contributed by atoms with Crippen LogP contribution in [-0.2, 0) is 23.1 Å². The van der Waals surface area contributed by atoms with Crippen LogP contribution in [0.2, 0.25) is 0 Å². The Morgan fingerprint density at radius 1 is 1.00 bits per heavy atom. The first-order valence-electron chi connectivity index (χ1n) is 11.3. The van der Waals surface area contributed by atoms with Gasteiger partial charge in [-0.15, -0.1) is 0 Å². The first kappa shape index (κ1) is 23.1. The third kappa shape index (κ3) is 3.46. The van der Waals surface area contributed by atoms with Crippen molar-refractivity contribution in [2.75, 3.05) is 26.2 Å². The van der Waals surface area contributed by atoms with Crippen molar-refractivity contribution in [3.63, 3.8) is 0 Å². The van der Waals surface area contributed by atoms with Crippen LogP contribution in [0.25, 0.3) is 27.4 Å². The molecule has 0 fully saturated rings. The lowest BCUT2D eigenvalue weighted by Crippen LogP contribution is -2.31. The maximum absolute atomic E-state index is 13.8. The van der Waals surface area contributed by atoms with Gasteiger partial charge in [0.25, 0.3) is 11.8 Å². The van der Waals surface area contributed by atoms with Crippen LogP contribution >= 0.6 is 0 Å². The largest absolute Gasteiger partial charge is 0.497 e. The van der Waals surface area contributed by atoms with Crippen molar-refractivity contribution < 1.29 is 23.8 Å². The molecular formula is C27H24N4O5. The summed E-state index contributed by atoms with van der Waals surface area (Å²) in [6.45, 7) is 0. The van der Waals surface area contributed by atoms with E-state index in [1.165, 1.54) is 25.2 Å². The van der Waals surface area contributed by atoms with Crippen molar-refractivity contribution in [3.8, 4) is 23.3 Å². The first-order chi connectivity index (χ1) is 17.4. The molecule has 2 aromatic heterocycles. The molecule has 0 saturated carbocycles. The highest BCUT2D eigenvalue weighted by atomic mass is 16.5. The number of H-pyrrole nitrogens is 1. The number of nitriles is 1. The third-order valence-electron chi connectivity index (χ3n) is 6.47. The Hall–Kier alpha value is -4.71. The SMILES string of the molecule is COc1ccc2c(c1)c(C1=CC(=O)N(c3c(CCC#N)[nH]c4cc(OC)c(OC)cc34)C1=O)cn2C. The smallest absolute Gasteiger partial charge is 0.266 e. The van der Waals surface area contributed by atoms with Gasteiger partial charge in [0.1, 0.15) is 5.75 Å². The van der Waals surface area contributed by atoms with Crippen molar-refractivity contribution in [2.45, 2.75) is 12.8 Å². The predicted molar refractivity (Wildman–Crippen MR) is 135 cm³/mol. The van der Waals surface area contributed by atoms with E-state index in [2.05, 4.69) is 11.1 Å². The number of benzene rings is 2. The van der Waals surface area contributed by atoms with E-state index in [1.807, 2.05) is 36.0 Å². The summed E-state index contributed by atoms with van der Waals surface area (Å²) >= 11 is 0. The fourth-order valence-electron chi connectivity index (χ4n) is 4.77. The Morgan fingerprint density at radius 2 is 1.75 bits per heavy atom. The van der Waals surface area contributed by atoms with E-state index in [-0.39, 0.29) is 6.42 Å². The molecule has 5 rings (SSSR count). The highest BCUT2D eigenvalue weighted by Crippen LogP contribution is 2.42. The van der Waals surface area contributed by atoms with Crippen molar-refractivity contribution in [1.29, 1.82) is 5.26 Å². The number of imide groups is 1. The standard InChI is InChI=1S/C27H24N4O5/c1-30-14-19(16-10-15(34-2)7-8-22(16)30)17-12-25(32)31(27(17)33)26-18-11-23(35-3)24(36-4)13-21(18)29-20(26)6-5-9-28/h7-8,10-14,29H,5-6H2,1-4H3. The number of anilines is 1. The van der Waals surface area contributed by atoms with Gasteiger partial charge in [0.05, 0.1) is 44.2 Å². The number of fused-ring (bicyclic) bond motifs is 2. The molecule has 0 aliphatic carbocycles. The van der Waals surface area contributed by atoms with Gasteiger partial charge in [0, 0.05) is 65.8 Å². The lowest BCUT2D eigenvalue weighted by atomic mass is 10.0. The first-order valence-corrected chi connectivity index (χ1v) is 11.3. The second kappa shape index (κ2) is 8.82. The molecule has 0 spiro atoms. The summed E-state index contributed by atoms with van der Waals surface area (Å²) in [6, 6.07) is 11.2. The van der Waals surface area contributed by atoms with Crippen LogP contribution in [0.15, 0.2) is 42.6 Å². The molecule has 36 heavy (non-hydrogen) atoms. The Labute approximate surface area is 207 Å². The van der Waals surface area contributed by atoms with Gasteiger partial charge >= 0.3 is 0 Å². The summed E-state index contributed by atoms with van der Waals surface area (Å²) in [5, 5.41) is 10.6. The number of methoxy groups -OCH3 is 3. The van der Waals surface area contributed by atoms with Crippen LogP contribution in [-0.4, -0.2) is 42.7 Å². The van der Waals surface area contributed by atoms with Crippen molar-refractivity contribution in [2.24, 2.45) is 7.05 Å². The minimum atomic E-state index is -0.455. The molecule has 1 aliphatic heterocycles. The zero-order valence-corrected chi connectivity index (χ0v) is 20.3. The lowest BCUT2D eigenvalue weighted by molar-refractivity contribution is -0.119. The highest BCUT2D eigenvalue weighted by molar-refractivity contribution is 6.45. The van der Waals surface area contributed by atoms with Gasteiger partial charge in [0.15, 0.2) is 11.5 Å². The summed E-state index contributed by atoms with van der Waals surface area (Å²) < 4.78 is 18.2. The molecule has 2 amide bonds. The fourth-order valence-corrected chi connectivity index (χ4v) is 4.77. The van der Waals surface area contributed by atoms with Gasteiger partial charge in [-0.25, -0.2) is 4.90 Å². The number of amides is 2. The van der Waals surface area contributed by atoms with Crippen LogP contribution in [0.5, 0.6) is 17.2 Å². The van der Waals surface area contributed by atoms with Crippen LogP contribution < -0.4 is 19.1 Å². The Kier molecular flexibility index (Phi) is 5.65. The normalized spacial score (nSPS) is 13.4. The predicted octanol–water partition coefficient (Wildman–Crippen LogP) is 4.10. The van der Waals surface area contributed by atoms with Crippen molar-refractivity contribution in [1.82, 2.24) is 9.55 Å². The topological polar surface area (TPSA) is 110 Å². The van der Waals surface area contributed by atoms with Crippen LogP contribution in [0.3, 0.4) is 0 Å². The zero-order valence-electron chi connectivity index (χ0n) is 20.3. The van der Waals surface area contributed by atoms with Gasteiger partial charge in [-0.1, -0.05) is 0 Å². The van der Waals surface area contributed by atoms with E-state index >= 15 is 0 Å². The van der Waals surface area contributed by atoms with Gasteiger partial charge in [-0.3, -0.25) is 9.59 Å². The maximum atomic E-state index is 13.8. The average molecular weight is 485 g/mol. The quantitative estimate of drug-likeness (QED) is 0.396. The number of hydrogen-bond donors (Lipinski definition) is 1. The molecular weight excluding hydrogens is 460 g/mol. The van der Waals surface area contributed by atoms with Gasteiger partial charge in [-0.05, 0) is 24.3 Å². The lowest BCUT2D eigenvalue weighted by Gasteiger charge is -2.17. The number of rotatable bonds is 7. The monoisotopic (exact) mass is 484 g/mol. The number of aromatic nitrogens is 2. The number of aromatic amines is 1. The molecule has 9 heteroatoms. The second-order valence-corrected chi connectivity index (χ2v) is 8.44. The van der Waals surface area contributed by atoms with Crippen molar-refractivity contribution in [3.05, 3.63) is 53.9 Å². The summed E-state index contributed by atoms with van der Waals surface area (Å²) in [5.41, 5.74) is 3.53. The fraction of sp³-hybridized carbons (Fsp3) is 0.222. The molecule has 182 valence electrons. The number of hydrogen-bond acceptors (Lipinski definition) is 6. The third-order valence-corrected chi connectivity index (χ3v) is 6.47. The van der Waals surface area contributed by atoms with Gasteiger partial charge in [0.2, 0.25) is 0 Å². The Morgan fingerprint density at radius 3 is 2.44 bits per heavy atom. The highest BCUT2D eigenvalue weighted by Gasteiger charge is 2.37. The van der Waals surface area contributed by atoms with Crippen molar-refractivity contribution >= 4 is 44.9 Å². The van der Waals surface area contributed by atoms with Crippen LogP contribution in [0, 0.1) is 11.3 Å². The molecule has 0 bridgehead atoms. The van der Waals surface area contributed by atoms with Crippen LogP contribution in [0.4, 0.5) is 5.69 Å². The Balaban J connectivity index is 1.66. The maximum Gasteiger partial charge on any atom is 0.266 e. The average Bonchev–Trinajstić information content (AvgIpc) is 3.50. The summed E-state index contributed by atoms with van der Waals surface area (Å²) in [5.74, 6) is 0.728.